The standard InChI is InChI=1S/C20H26N4O2.ClH/c1-26-18-6-3-2-5-17(18)16-7-14-23(15-16)19(25)20(8-11-21-12-9-20)24-13-4-10-22-24;/h2-6,10,13,16,21H,7-9,11-12,14-15H2,1H3;1H. The van der Waals surface area contributed by atoms with Gasteiger partial charge >= 0.3 is 0 Å². The highest BCUT2D eigenvalue weighted by Gasteiger charge is 2.46. The molecule has 146 valence electrons. The Hall–Kier alpha value is -2.05. The van der Waals surface area contributed by atoms with Crippen LogP contribution in [0.1, 0.15) is 30.7 Å². The molecule has 1 aromatic carbocycles. The quantitative estimate of drug-likeness (QED) is 0.870. The molecule has 2 aromatic rings. The lowest BCUT2D eigenvalue weighted by Gasteiger charge is -2.39. The van der Waals surface area contributed by atoms with Crippen LogP contribution in [-0.4, -0.2) is 53.9 Å². The fourth-order valence-electron chi connectivity index (χ4n) is 4.40. The molecule has 0 aliphatic carbocycles. The van der Waals surface area contributed by atoms with Crippen molar-refractivity contribution in [3.8, 4) is 5.75 Å². The third-order valence-corrected chi connectivity index (χ3v) is 5.83. The summed E-state index contributed by atoms with van der Waals surface area (Å²) in [6.45, 7) is 3.22. The summed E-state index contributed by atoms with van der Waals surface area (Å²) in [5.74, 6) is 1.45. The number of rotatable bonds is 4. The van der Waals surface area contributed by atoms with Gasteiger partial charge in [-0.15, -0.1) is 12.4 Å². The van der Waals surface area contributed by atoms with Gasteiger partial charge in [-0.3, -0.25) is 9.48 Å². The third-order valence-electron chi connectivity index (χ3n) is 5.83. The van der Waals surface area contributed by atoms with E-state index < -0.39 is 5.54 Å². The van der Waals surface area contributed by atoms with Crippen LogP contribution in [0.2, 0.25) is 0 Å². The molecule has 0 bridgehead atoms. The Morgan fingerprint density at radius 2 is 2.04 bits per heavy atom. The maximum atomic E-state index is 13.6. The molecule has 1 atom stereocenters. The summed E-state index contributed by atoms with van der Waals surface area (Å²) < 4.78 is 7.40. The second kappa shape index (κ2) is 8.31. The summed E-state index contributed by atoms with van der Waals surface area (Å²) in [5.41, 5.74) is 0.647. The lowest BCUT2D eigenvalue weighted by molar-refractivity contribution is -0.142. The van der Waals surface area contributed by atoms with Crippen molar-refractivity contribution in [1.82, 2.24) is 20.0 Å². The second-order valence-corrected chi connectivity index (χ2v) is 7.21. The topological polar surface area (TPSA) is 59.4 Å². The Morgan fingerprint density at radius 3 is 2.74 bits per heavy atom. The van der Waals surface area contributed by atoms with Crippen LogP contribution in [0.15, 0.2) is 42.7 Å². The minimum atomic E-state index is -0.551. The van der Waals surface area contributed by atoms with Crippen molar-refractivity contribution < 1.29 is 9.53 Å². The van der Waals surface area contributed by atoms with Gasteiger partial charge in [0.25, 0.3) is 5.91 Å². The van der Waals surface area contributed by atoms with Gasteiger partial charge in [0.1, 0.15) is 11.3 Å². The van der Waals surface area contributed by atoms with Gasteiger partial charge in [-0.2, -0.15) is 5.10 Å². The number of carbonyl (C=O) groups excluding carboxylic acids is 1. The first-order valence-electron chi connectivity index (χ1n) is 9.38. The predicted molar refractivity (Wildman–Crippen MR) is 106 cm³/mol. The van der Waals surface area contributed by atoms with Crippen LogP contribution < -0.4 is 10.1 Å². The van der Waals surface area contributed by atoms with E-state index in [1.54, 1.807) is 13.3 Å². The molecule has 2 aliphatic heterocycles. The molecule has 1 aromatic heterocycles. The molecule has 0 radical (unpaired) electrons. The monoisotopic (exact) mass is 390 g/mol. The molecule has 1 N–H and O–H groups in total. The van der Waals surface area contributed by atoms with E-state index in [-0.39, 0.29) is 18.3 Å². The van der Waals surface area contributed by atoms with E-state index >= 15 is 0 Å². The van der Waals surface area contributed by atoms with Crippen molar-refractivity contribution in [1.29, 1.82) is 0 Å². The average molecular weight is 391 g/mol. The lowest BCUT2D eigenvalue weighted by atomic mass is 9.86. The maximum absolute atomic E-state index is 13.6. The molecule has 2 aliphatic rings. The van der Waals surface area contributed by atoms with Crippen LogP contribution in [0.4, 0.5) is 0 Å². The molecule has 0 spiro atoms. The fourth-order valence-corrected chi connectivity index (χ4v) is 4.40. The van der Waals surface area contributed by atoms with E-state index in [0.717, 1.165) is 51.2 Å². The maximum Gasteiger partial charge on any atom is 0.250 e. The highest BCUT2D eigenvalue weighted by molar-refractivity contribution is 5.85. The Morgan fingerprint density at radius 1 is 1.26 bits per heavy atom. The number of methoxy groups -OCH3 is 1. The van der Waals surface area contributed by atoms with E-state index in [4.69, 9.17) is 4.74 Å². The zero-order valence-corrected chi connectivity index (χ0v) is 16.5. The van der Waals surface area contributed by atoms with Crippen LogP contribution in [-0.2, 0) is 10.3 Å². The zero-order chi connectivity index (χ0) is 18.0. The highest BCUT2D eigenvalue weighted by Crippen LogP contribution is 2.36. The van der Waals surface area contributed by atoms with Crippen molar-refractivity contribution in [3.63, 3.8) is 0 Å². The number of para-hydroxylation sites is 1. The van der Waals surface area contributed by atoms with Crippen molar-refractivity contribution in [3.05, 3.63) is 48.3 Å². The molecular weight excluding hydrogens is 364 g/mol. The largest absolute Gasteiger partial charge is 0.496 e. The zero-order valence-electron chi connectivity index (χ0n) is 15.6. The summed E-state index contributed by atoms with van der Waals surface area (Å²) in [7, 11) is 1.71. The van der Waals surface area contributed by atoms with Crippen LogP contribution in [0.3, 0.4) is 0 Å². The number of halogens is 1. The number of benzene rings is 1. The first kappa shape index (κ1) is 19.7. The second-order valence-electron chi connectivity index (χ2n) is 7.21. The number of carbonyl (C=O) groups is 1. The van der Waals surface area contributed by atoms with Crippen molar-refractivity contribution in [2.45, 2.75) is 30.7 Å². The number of aromatic nitrogens is 2. The third kappa shape index (κ3) is 3.56. The van der Waals surface area contributed by atoms with Gasteiger partial charge in [0.15, 0.2) is 0 Å². The first-order valence-corrected chi connectivity index (χ1v) is 9.38. The molecule has 1 amide bonds. The Bertz CT molecular complexity index is 759. The number of hydrogen-bond acceptors (Lipinski definition) is 4. The van der Waals surface area contributed by atoms with Crippen molar-refractivity contribution in [2.75, 3.05) is 33.3 Å². The lowest BCUT2D eigenvalue weighted by Crippen LogP contribution is -2.55. The number of hydrogen-bond donors (Lipinski definition) is 1. The summed E-state index contributed by atoms with van der Waals surface area (Å²) in [6.07, 6.45) is 6.22. The molecule has 4 rings (SSSR count). The molecule has 6 nitrogen and oxygen atoms in total. The van der Waals surface area contributed by atoms with E-state index in [1.165, 1.54) is 5.56 Å². The number of piperidine rings is 1. The van der Waals surface area contributed by atoms with E-state index in [0.29, 0.717) is 5.92 Å². The van der Waals surface area contributed by atoms with Crippen molar-refractivity contribution in [2.24, 2.45) is 0 Å². The molecule has 27 heavy (non-hydrogen) atoms. The van der Waals surface area contributed by atoms with Crippen LogP contribution in [0.5, 0.6) is 5.75 Å². The summed E-state index contributed by atoms with van der Waals surface area (Å²) in [4.78, 5) is 15.6. The summed E-state index contributed by atoms with van der Waals surface area (Å²) in [6, 6.07) is 10.0. The van der Waals surface area contributed by atoms with Crippen LogP contribution in [0.25, 0.3) is 0 Å². The molecule has 2 saturated heterocycles. The predicted octanol–water partition coefficient (Wildman–Crippen LogP) is 2.41. The number of nitrogens with zero attached hydrogens (tertiary/aromatic N) is 3. The average Bonchev–Trinajstić information content (AvgIpc) is 3.40. The van der Waals surface area contributed by atoms with Gasteiger partial charge in [-0.1, -0.05) is 18.2 Å². The minimum absolute atomic E-state index is 0. The Labute approximate surface area is 166 Å². The smallest absolute Gasteiger partial charge is 0.250 e. The van der Waals surface area contributed by atoms with Crippen LogP contribution in [0, 0.1) is 0 Å². The molecule has 0 saturated carbocycles. The molecule has 2 fully saturated rings. The number of nitrogens with one attached hydrogen (secondary N) is 1. The summed E-state index contributed by atoms with van der Waals surface area (Å²) in [5, 5.41) is 7.80. The number of amides is 1. The minimum Gasteiger partial charge on any atom is -0.496 e. The van der Waals surface area contributed by atoms with Gasteiger partial charge in [0, 0.05) is 31.4 Å². The fraction of sp³-hybridized carbons (Fsp3) is 0.500. The van der Waals surface area contributed by atoms with Crippen molar-refractivity contribution >= 4 is 18.3 Å². The molecule has 3 heterocycles. The summed E-state index contributed by atoms with van der Waals surface area (Å²) >= 11 is 0. The number of likely N-dealkylation sites (tertiary alicyclic amines) is 1. The SMILES string of the molecule is COc1ccccc1C1CCN(C(=O)C2(n3cccn3)CCNCC2)C1.Cl. The van der Waals surface area contributed by atoms with Gasteiger partial charge < -0.3 is 15.0 Å². The van der Waals surface area contributed by atoms with Gasteiger partial charge in [0.2, 0.25) is 0 Å². The Balaban J connectivity index is 0.00000210. The van der Waals surface area contributed by atoms with E-state index in [9.17, 15) is 4.79 Å². The van der Waals surface area contributed by atoms with Gasteiger partial charge in [0.05, 0.1) is 7.11 Å². The van der Waals surface area contributed by atoms with Gasteiger partial charge in [-0.25, -0.2) is 0 Å². The molecule has 1 unspecified atom stereocenters. The van der Waals surface area contributed by atoms with E-state index in [2.05, 4.69) is 16.5 Å². The first-order chi connectivity index (χ1) is 12.7. The van der Waals surface area contributed by atoms with E-state index in [1.807, 2.05) is 40.0 Å². The normalized spacial score (nSPS) is 21.5. The molecular formula is C20H27ClN4O2. The highest BCUT2D eigenvalue weighted by atomic mass is 35.5. The van der Waals surface area contributed by atoms with Gasteiger partial charge in [-0.05, 0) is 50.0 Å². The Kier molecular flexibility index (Phi) is 6.07. The molecule has 7 heteroatoms. The number of ether oxygens (including phenoxy) is 1. The van der Waals surface area contributed by atoms with Crippen LogP contribution >= 0.6 is 12.4 Å².